The third kappa shape index (κ3) is 4.78. The number of aromatic nitrogens is 1. The number of pyridine rings is 1. The Morgan fingerprint density at radius 2 is 2.11 bits per heavy atom. The Balaban J connectivity index is 1.63. The van der Waals surface area contributed by atoms with Crippen molar-refractivity contribution in [2.24, 2.45) is 0 Å². The summed E-state index contributed by atoms with van der Waals surface area (Å²) in [5.74, 6) is 0.980. The van der Waals surface area contributed by atoms with E-state index in [1.807, 2.05) is 24.3 Å². The molecule has 0 aromatic carbocycles. The van der Waals surface area contributed by atoms with Gasteiger partial charge in [0.15, 0.2) is 0 Å². The van der Waals surface area contributed by atoms with E-state index in [2.05, 4.69) is 10.3 Å². The molecule has 0 bridgehead atoms. The van der Waals surface area contributed by atoms with Crippen LogP contribution in [0.15, 0.2) is 35.5 Å². The summed E-state index contributed by atoms with van der Waals surface area (Å²) < 4.78 is 0.839. The molecule has 18 heavy (non-hydrogen) atoms. The minimum absolute atomic E-state index is 0.673. The molecule has 0 aliphatic heterocycles. The van der Waals surface area contributed by atoms with Gasteiger partial charge in [-0.1, -0.05) is 23.2 Å². The minimum atomic E-state index is 0.673. The molecule has 0 spiro atoms. The Bertz CT molecular complexity index is 485. The quantitative estimate of drug-likeness (QED) is 0.633. The fourth-order valence-corrected chi connectivity index (χ4v) is 3.25. The largest absolute Gasteiger partial charge is 0.311 e. The standard InChI is InChI=1S/C12H12Cl2N2S2/c13-9-1-4-12(16-7-9)17-6-5-15-8-10-2-3-11(14)18-10/h1-4,7,15H,5-6,8H2. The van der Waals surface area contributed by atoms with Crippen LogP contribution in [0.1, 0.15) is 4.88 Å². The zero-order valence-electron chi connectivity index (χ0n) is 9.53. The highest BCUT2D eigenvalue weighted by Gasteiger charge is 1.98. The predicted octanol–water partition coefficient (Wildman–Crippen LogP) is 4.33. The number of halogens is 2. The van der Waals surface area contributed by atoms with Gasteiger partial charge in [-0.05, 0) is 24.3 Å². The summed E-state index contributed by atoms with van der Waals surface area (Å²) in [7, 11) is 0. The SMILES string of the molecule is Clc1ccc(SCCNCc2ccc(Cl)s2)nc1. The number of rotatable bonds is 6. The first kappa shape index (κ1) is 14.2. The highest BCUT2D eigenvalue weighted by Crippen LogP contribution is 2.21. The maximum Gasteiger partial charge on any atom is 0.0961 e. The summed E-state index contributed by atoms with van der Waals surface area (Å²) in [5.41, 5.74) is 0. The van der Waals surface area contributed by atoms with Crippen LogP contribution < -0.4 is 5.32 Å². The molecule has 96 valence electrons. The van der Waals surface area contributed by atoms with Gasteiger partial charge in [-0.15, -0.1) is 23.1 Å². The van der Waals surface area contributed by atoms with Gasteiger partial charge in [0.25, 0.3) is 0 Å². The Hall–Kier alpha value is -0.260. The van der Waals surface area contributed by atoms with E-state index >= 15 is 0 Å². The van der Waals surface area contributed by atoms with Crippen molar-refractivity contribution < 1.29 is 0 Å². The number of hydrogen-bond donors (Lipinski definition) is 1. The van der Waals surface area contributed by atoms with Crippen LogP contribution in [-0.4, -0.2) is 17.3 Å². The zero-order chi connectivity index (χ0) is 12.8. The molecule has 0 aliphatic carbocycles. The Kier molecular flexibility index (Phi) is 5.79. The third-order valence-electron chi connectivity index (χ3n) is 2.16. The lowest BCUT2D eigenvalue weighted by atomic mass is 10.4. The molecule has 6 heteroatoms. The Morgan fingerprint density at radius 3 is 2.78 bits per heavy atom. The molecule has 2 aromatic heterocycles. The molecule has 0 amide bonds. The summed E-state index contributed by atoms with van der Waals surface area (Å²) in [6.45, 7) is 1.80. The van der Waals surface area contributed by atoms with Crippen molar-refractivity contribution in [2.75, 3.05) is 12.3 Å². The Morgan fingerprint density at radius 1 is 1.22 bits per heavy atom. The van der Waals surface area contributed by atoms with Crippen LogP contribution in [0.5, 0.6) is 0 Å². The van der Waals surface area contributed by atoms with Gasteiger partial charge in [-0.3, -0.25) is 0 Å². The molecule has 1 N–H and O–H groups in total. The molecule has 0 atom stereocenters. The topological polar surface area (TPSA) is 24.9 Å². The summed E-state index contributed by atoms with van der Waals surface area (Å²) in [4.78, 5) is 5.48. The summed E-state index contributed by atoms with van der Waals surface area (Å²) in [5, 5.41) is 5.05. The minimum Gasteiger partial charge on any atom is -0.311 e. The maximum atomic E-state index is 5.86. The highest BCUT2D eigenvalue weighted by molar-refractivity contribution is 7.99. The van der Waals surface area contributed by atoms with Crippen LogP contribution in [0.2, 0.25) is 9.36 Å². The normalized spacial score (nSPS) is 10.8. The molecule has 2 nitrogen and oxygen atoms in total. The first-order valence-corrected chi connectivity index (χ1v) is 7.99. The first-order chi connectivity index (χ1) is 8.74. The molecule has 0 radical (unpaired) electrons. The first-order valence-electron chi connectivity index (χ1n) is 5.43. The molecule has 0 aliphatic rings. The number of nitrogens with one attached hydrogen (secondary N) is 1. The molecule has 2 rings (SSSR count). The highest BCUT2D eigenvalue weighted by atomic mass is 35.5. The van der Waals surface area contributed by atoms with E-state index in [9.17, 15) is 0 Å². The monoisotopic (exact) mass is 318 g/mol. The Labute approximate surface area is 125 Å². The van der Waals surface area contributed by atoms with Crippen molar-refractivity contribution in [1.82, 2.24) is 10.3 Å². The second-order valence-corrected chi connectivity index (χ2v) is 6.90. The fourth-order valence-electron chi connectivity index (χ4n) is 1.33. The van der Waals surface area contributed by atoms with E-state index in [0.29, 0.717) is 5.02 Å². The molecule has 0 saturated heterocycles. The second-order valence-electron chi connectivity index (χ2n) is 3.55. The average Bonchev–Trinajstić information content (AvgIpc) is 2.77. The van der Waals surface area contributed by atoms with Crippen molar-refractivity contribution in [3.63, 3.8) is 0 Å². The van der Waals surface area contributed by atoms with Gasteiger partial charge >= 0.3 is 0 Å². The summed E-state index contributed by atoms with van der Waals surface area (Å²) >= 11 is 15.0. The van der Waals surface area contributed by atoms with Crippen LogP contribution in [0.4, 0.5) is 0 Å². The van der Waals surface area contributed by atoms with Gasteiger partial charge in [0.2, 0.25) is 0 Å². The van der Waals surface area contributed by atoms with Crippen LogP contribution in [-0.2, 0) is 6.54 Å². The van der Waals surface area contributed by atoms with Crippen molar-refractivity contribution in [3.05, 3.63) is 44.7 Å². The smallest absolute Gasteiger partial charge is 0.0961 e. The van der Waals surface area contributed by atoms with Crippen LogP contribution >= 0.6 is 46.3 Å². The van der Waals surface area contributed by atoms with E-state index in [1.54, 1.807) is 29.3 Å². The second kappa shape index (κ2) is 7.36. The number of thiophene rings is 1. The fraction of sp³-hybridized carbons (Fsp3) is 0.250. The van der Waals surface area contributed by atoms with E-state index in [-0.39, 0.29) is 0 Å². The predicted molar refractivity (Wildman–Crippen MR) is 81.0 cm³/mol. The van der Waals surface area contributed by atoms with Gasteiger partial charge < -0.3 is 5.32 Å². The van der Waals surface area contributed by atoms with E-state index in [1.165, 1.54) is 4.88 Å². The van der Waals surface area contributed by atoms with Gasteiger partial charge in [0.05, 0.1) is 14.4 Å². The number of nitrogens with zero attached hydrogens (tertiary/aromatic N) is 1. The molecule has 2 heterocycles. The number of hydrogen-bond acceptors (Lipinski definition) is 4. The van der Waals surface area contributed by atoms with Crippen molar-refractivity contribution >= 4 is 46.3 Å². The van der Waals surface area contributed by atoms with Gasteiger partial charge in [-0.25, -0.2) is 4.98 Å². The molecule has 2 aromatic rings. The van der Waals surface area contributed by atoms with Crippen LogP contribution in [0, 0.1) is 0 Å². The van der Waals surface area contributed by atoms with Crippen LogP contribution in [0.25, 0.3) is 0 Å². The molecule has 0 unspecified atom stereocenters. The third-order valence-corrected chi connectivity index (χ3v) is 4.56. The van der Waals surface area contributed by atoms with E-state index in [4.69, 9.17) is 23.2 Å². The van der Waals surface area contributed by atoms with E-state index < -0.39 is 0 Å². The van der Waals surface area contributed by atoms with Gasteiger partial charge in [-0.2, -0.15) is 0 Å². The molecule has 0 fully saturated rings. The molecular formula is C12H12Cl2N2S2. The lowest BCUT2D eigenvalue weighted by Crippen LogP contribution is -2.15. The zero-order valence-corrected chi connectivity index (χ0v) is 12.7. The van der Waals surface area contributed by atoms with Crippen molar-refractivity contribution in [3.8, 4) is 0 Å². The van der Waals surface area contributed by atoms with Crippen molar-refractivity contribution in [2.45, 2.75) is 11.6 Å². The average molecular weight is 319 g/mol. The molecular weight excluding hydrogens is 307 g/mol. The summed E-state index contributed by atoms with van der Waals surface area (Å²) in [6.07, 6.45) is 1.67. The maximum absolute atomic E-state index is 5.86. The van der Waals surface area contributed by atoms with Crippen molar-refractivity contribution in [1.29, 1.82) is 0 Å². The molecule has 0 saturated carbocycles. The van der Waals surface area contributed by atoms with Gasteiger partial charge in [0, 0.05) is 29.9 Å². The van der Waals surface area contributed by atoms with E-state index in [0.717, 1.165) is 28.2 Å². The number of thioether (sulfide) groups is 1. The van der Waals surface area contributed by atoms with Gasteiger partial charge in [0.1, 0.15) is 0 Å². The lowest BCUT2D eigenvalue weighted by molar-refractivity contribution is 0.740. The summed E-state index contributed by atoms with van der Waals surface area (Å²) in [6, 6.07) is 7.77. The lowest BCUT2D eigenvalue weighted by Gasteiger charge is -2.03. The van der Waals surface area contributed by atoms with Crippen LogP contribution in [0.3, 0.4) is 0 Å².